The Morgan fingerprint density at radius 3 is 2.54 bits per heavy atom. The summed E-state index contributed by atoms with van der Waals surface area (Å²) < 4.78 is 35.7. The molecule has 1 rings (SSSR count). The monoisotopic (exact) mass is 395 g/mol. The van der Waals surface area contributed by atoms with Gasteiger partial charge in [0.05, 0.1) is 6.61 Å². The Labute approximate surface area is 147 Å². The van der Waals surface area contributed by atoms with Crippen molar-refractivity contribution >= 4 is 43.7 Å². The molecular formula is C13H17NO7S3. The zero-order chi connectivity index (χ0) is 18.0. The Bertz CT molecular complexity index is 663. The quantitative estimate of drug-likeness (QED) is 0.277. The number of carbonyl (C=O) groups is 2. The molecule has 11 heteroatoms. The molecule has 24 heavy (non-hydrogen) atoms. The maximum Gasteiger partial charge on any atom is 0.421 e. The number of benzene rings is 1. The molecule has 0 saturated carbocycles. The van der Waals surface area contributed by atoms with Gasteiger partial charge in [0, 0.05) is 18.4 Å². The van der Waals surface area contributed by atoms with Crippen molar-refractivity contribution in [1.29, 1.82) is 0 Å². The molecule has 0 fully saturated rings. The fraction of sp³-hybridized carbons (Fsp3) is 0.385. The van der Waals surface area contributed by atoms with Gasteiger partial charge in [0.15, 0.2) is 5.75 Å². The smallest absolute Gasteiger partial charge is 0.421 e. The van der Waals surface area contributed by atoms with E-state index in [0.29, 0.717) is 11.5 Å². The van der Waals surface area contributed by atoms with Crippen LogP contribution in [0.25, 0.3) is 0 Å². The van der Waals surface area contributed by atoms with Gasteiger partial charge < -0.3 is 14.6 Å². The van der Waals surface area contributed by atoms with Crippen LogP contribution in [0, 0.1) is 0 Å². The van der Waals surface area contributed by atoms with E-state index < -0.39 is 22.1 Å². The first-order chi connectivity index (χ1) is 11.4. The van der Waals surface area contributed by atoms with E-state index in [1.54, 1.807) is 4.72 Å². The summed E-state index contributed by atoms with van der Waals surface area (Å²) in [7, 11) is -1.43. The number of amides is 1. The summed E-state index contributed by atoms with van der Waals surface area (Å²) in [6, 6.07) is 5.43. The van der Waals surface area contributed by atoms with Crippen LogP contribution in [0.3, 0.4) is 0 Å². The van der Waals surface area contributed by atoms with Crippen LogP contribution in [0.5, 0.6) is 5.75 Å². The molecule has 8 nitrogen and oxygen atoms in total. The molecule has 0 radical (unpaired) electrons. The highest BCUT2D eigenvalue weighted by atomic mass is 33.1. The maximum absolute atomic E-state index is 12.2. The molecule has 0 aliphatic heterocycles. The lowest BCUT2D eigenvalue weighted by atomic mass is 10.3. The molecule has 0 saturated heterocycles. The third-order valence-corrected chi connectivity index (χ3v) is 5.97. The predicted molar refractivity (Wildman–Crippen MR) is 91.4 cm³/mol. The first-order valence-electron chi connectivity index (χ1n) is 6.69. The Balaban J connectivity index is 2.60. The first kappa shape index (κ1) is 20.6. The molecule has 0 heterocycles. The van der Waals surface area contributed by atoms with Gasteiger partial charge in [-0.3, -0.25) is 4.79 Å². The summed E-state index contributed by atoms with van der Waals surface area (Å²) in [6.07, 6.45) is -1.12. The van der Waals surface area contributed by atoms with E-state index >= 15 is 0 Å². The van der Waals surface area contributed by atoms with Crippen molar-refractivity contribution in [2.45, 2.75) is 11.8 Å². The van der Waals surface area contributed by atoms with E-state index in [2.05, 4.69) is 0 Å². The molecule has 0 aliphatic rings. The van der Waals surface area contributed by atoms with Gasteiger partial charge in [0.2, 0.25) is 0 Å². The number of aliphatic hydroxyl groups is 1. The van der Waals surface area contributed by atoms with Gasteiger partial charge in [-0.15, -0.1) is 0 Å². The number of hydrogen-bond acceptors (Lipinski definition) is 9. The van der Waals surface area contributed by atoms with Crippen LogP contribution in [-0.4, -0.2) is 50.3 Å². The van der Waals surface area contributed by atoms with Crippen molar-refractivity contribution < 1.29 is 32.6 Å². The van der Waals surface area contributed by atoms with Crippen LogP contribution < -0.4 is 9.46 Å². The summed E-state index contributed by atoms with van der Waals surface area (Å²) in [5.74, 6) is 0.138. The lowest BCUT2D eigenvalue weighted by Gasteiger charge is -2.11. The number of esters is 1. The van der Waals surface area contributed by atoms with Crippen LogP contribution in [-0.2, 0) is 19.6 Å². The SMILES string of the molecule is CC(=O)Oc1ccccc1S(=O)(=O)NC(=O)OCCSSCCO. The molecule has 1 aromatic rings. The van der Waals surface area contributed by atoms with Crippen molar-refractivity contribution in [1.82, 2.24) is 4.72 Å². The minimum atomic E-state index is -4.23. The van der Waals surface area contributed by atoms with Crippen LogP contribution in [0.4, 0.5) is 4.79 Å². The van der Waals surface area contributed by atoms with Gasteiger partial charge in [-0.05, 0) is 12.1 Å². The molecule has 0 atom stereocenters. The van der Waals surface area contributed by atoms with E-state index in [1.165, 1.54) is 45.9 Å². The number of hydrogen-bond donors (Lipinski definition) is 2. The van der Waals surface area contributed by atoms with Crippen LogP contribution >= 0.6 is 21.6 Å². The van der Waals surface area contributed by atoms with Crippen molar-refractivity contribution in [3.8, 4) is 5.75 Å². The van der Waals surface area contributed by atoms with E-state index in [9.17, 15) is 18.0 Å². The third-order valence-electron chi connectivity index (χ3n) is 2.27. The van der Waals surface area contributed by atoms with Crippen LogP contribution in [0.1, 0.15) is 6.92 Å². The Kier molecular flexibility index (Phi) is 8.97. The topological polar surface area (TPSA) is 119 Å². The number of sulfonamides is 1. The van der Waals surface area contributed by atoms with Gasteiger partial charge in [-0.25, -0.2) is 17.9 Å². The summed E-state index contributed by atoms with van der Waals surface area (Å²) in [5.41, 5.74) is 0. The van der Waals surface area contributed by atoms with E-state index in [-0.39, 0.29) is 23.9 Å². The second-order valence-electron chi connectivity index (χ2n) is 4.15. The second kappa shape index (κ2) is 10.4. The minimum absolute atomic E-state index is 0.00996. The fourth-order valence-corrected chi connectivity index (χ4v) is 4.05. The number of rotatable bonds is 9. The third kappa shape index (κ3) is 7.43. The van der Waals surface area contributed by atoms with Gasteiger partial charge in [0.1, 0.15) is 11.5 Å². The molecule has 0 spiro atoms. The van der Waals surface area contributed by atoms with Gasteiger partial charge in [-0.2, -0.15) is 0 Å². The minimum Gasteiger partial charge on any atom is -0.448 e. The summed E-state index contributed by atoms with van der Waals surface area (Å²) in [6.45, 7) is 1.20. The molecule has 2 N–H and O–H groups in total. The Morgan fingerprint density at radius 2 is 1.88 bits per heavy atom. The first-order valence-corrected chi connectivity index (χ1v) is 10.7. The average molecular weight is 395 g/mol. The number of aliphatic hydroxyl groups excluding tert-OH is 1. The zero-order valence-electron chi connectivity index (χ0n) is 12.8. The van der Waals surface area contributed by atoms with E-state index in [1.807, 2.05) is 0 Å². The molecule has 0 aliphatic carbocycles. The molecule has 1 aromatic carbocycles. The zero-order valence-corrected chi connectivity index (χ0v) is 15.2. The van der Waals surface area contributed by atoms with Crippen LogP contribution in [0.2, 0.25) is 0 Å². The lowest BCUT2D eigenvalue weighted by molar-refractivity contribution is -0.132. The summed E-state index contributed by atoms with van der Waals surface area (Å²) in [4.78, 5) is 22.3. The van der Waals surface area contributed by atoms with Gasteiger partial charge >= 0.3 is 12.1 Å². The van der Waals surface area contributed by atoms with Crippen molar-refractivity contribution in [3.63, 3.8) is 0 Å². The summed E-state index contributed by atoms with van der Waals surface area (Å²) in [5, 5.41) is 8.60. The standard InChI is InChI=1S/C13H17NO7S3/c1-10(16)21-11-4-2-3-5-12(11)24(18,19)14-13(17)20-7-9-23-22-8-6-15/h2-5,15H,6-9H2,1H3,(H,14,17). The highest BCUT2D eigenvalue weighted by Crippen LogP contribution is 2.23. The average Bonchev–Trinajstić information content (AvgIpc) is 2.50. The van der Waals surface area contributed by atoms with Crippen LogP contribution in [0.15, 0.2) is 29.2 Å². The van der Waals surface area contributed by atoms with E-state index in [0.717, 1.165) is 6.92 Å². The van der Waals surface area contributed by atoms with Gasteiger partial charge in [0.25, 0.3) is 10.0 Å². The Hall–Kier alpha value is -1.43. The normalized spacial score (nSPS) is 10.9. The molecule has 0 unspecified atom stereocenters. The van der Waals surface area contributed by atoms with Crippen molar-refractivity contribution in [2.75, 3.05) is 24.7 Å². The second-order valence-corrected chi connectivity index (χ2v) is 8.50. The summed E-state index contributed by atoms with van der Waals surface area (Å²) >= 11 is 0. The van der Waals surface area contributed by atoms with Crippen molar-refractivity contribution in [3.05, 3.63) is 24.3 Å². The molecule has 0 aromatic heterocycles. The number of nitrogens with one attached hydrogen (secondary N) is 1. The fourth-order valence-electron chi connectivity index (χ4n) is 1.43. The largest absolute Gasteiger partial charge is 0.448 e. The Morgan fingerprint density at radius 1 is 1.21 bits per heavy atom. The number of ether oxygens (including phenoxy) is 2. The van der Waals surface area contributed by atoms with Crippen molar-refractivity contribution in [2.24, 2.45) is 0 Å². The number of carbonyl (C=O) groups excluding carboxylic acids is 2. The maximum atomic E-state index is 12.2. The molecule has 1 amide bonds. The molecule has 0 bridgehead atoms. The lowest BCUT2D eigenvalue weighted by Crippen LogP contribution is -2.32. The highest BCUT2D eigenvalue weighted by molar-refractivity contribution is 8.76. The number of para-hydroxylation sites is 1. The van der Waals surface area contributed by atoms with Gasteiger partial charge in [-0.1, -0.05) is 33.7 Å². The highest BCUT2D eigenvalue weighted by Gasteiger charge is 2.23. The van der Waals surface area contributed by atoms with E-state index in [4.69, 9.17) is 14.6 Å². The molecular weight excluding hydrogens is 378 g/mol. The molecule has 134 valence electrons. The predicted octanol–water partition coefficient (Wildman–Crippen LogP) is 1.40.